The number of hydrogen-bond acceptors (Lipinski definition) is 6. The van der Waals surface area contributed by atoms with Crippen LogP contribution < -0.4 is 5.32 Å². The van der Waals surface area contributed by atoms with Crippen LogP contribution in [0.15, 0.2) is 24.3 Å². The van der Waals surface area contributed by atoms with Crippen LogP contribution in [0.1, 0.15) is 30.1 Å². The number of thiazole rings is 1. The van der Waals surface area contributed by atoms with Gasteiger partial charge >= 0.3 is 0 Å². The van der Waals surface area contributed by atoms with E-state index in [0.29, 0.717) is 63.3 Å². The number of aromatic nitrogens is 1. The summed E-state index contributed by atoms with van der Waals surface area (Å²) in [6, 6.07) is 7.82. The molecule has 2 atom stereocenters. The zero-order valence-electron chi connectivity index (χ0n) is 17.7. The van der Waals surface area contributed by atoms with Gasteiger partial charge in [-0.25, -0.2) is 4.98 Å². The number of para-hydroxylation sites is 1. The van der Waals surface area contributed by atoms with Crippen molar-refractivity contribution < 1.29 is 14.3 Å². The predicted octanol–water partition coefficient (Wildman–Crippen LogP) is 2.23. The van der Waals surface area contributed by atoms with Crippen molar-refractivity contribution in [2.45, 2.75) is 26.3 Å². The number of carbonyl (C=O) groups is 2. The molecule has 3 heterocycles. The molecule has 2 fully saturated rings. The number of nitrogens with one attached hydrogen (secondary N) is 1. The smallest absolute Gasteiger partial charge is 0.283 e. The Kier molecular flexibility index (Phi) is 6.65. The lowest BCUT2D eigenvalue weighted by atomic mass is 9.92. The highest BCUT2D eigenvalue weighted by Crippen LogP contribution is 2.26. The fourth-order valence-corrected chi connectivity index (χ4v) is 5.19. The molecule has 7 nitrogen and oxygen atoms in total. The molecule has 2 aromatic rings. The van der Waals surface area contributed by atoms with E-state index in [-0.39, 0.29) is 23.8 Å². The van der Waals surface area contributed by atoms with Gasteiger partial charge in [0.05, 0.1) is 29.3 Å². The lowest BCUT2D eigenvalue weighted by molar-refractivity contribution is -0.140. The molecular formula is C22H30N4O3S. The Morgan fingerprint density at radius 3 is 2.77 bits per heavy atom. The number of piperidine rings is 1. The molecule has 2 aliphatic heterocycles. The summed E-state index contributed by atoms with van der Waals surface area (Å²) >= 11 is 1.44. The molecule has 2 amide bonds. The Morgan fingerprint density at radius 1 is 1.27 bits per heavy atom. The van der Waals surface area contributed by atoms with Crippen molar-refractivity contribution in [3.8, 4) is 0 Å². The van der Waals surface area contributed by atoms with Crippen LogP contribution in [0.5, 0.6) is 0 Å². The minimum Gasteiger partial charge on any atom is -0.378 e. The Morgan fingerprint density at radius 2 is 2.03 bits per heavy atom. The van der Waals surface area contributed by atoms with E-state index in [9.17, 15) is 9.59 Å². The number of morpholine rings is 1. The van der Waals surface area contributed by atoms with E-state index < -0.39 is 0 Å². The molecule has 2 aliphatic rings. The highest BCUT2D eigenvalue weighted by Gasteiger charge is 2.36. The van der Waals surface area contributed by atoms with Crippen molar-refractivity contribution in [2.75, 3.05) is 45.9 Å². The molecule has 0 bridgehead atoms. The van der Waals surface area contributed by atoms with Gasteiger partial charge in [-0.05, 0) is 24.5 Å². The molecule has 0 saturated carbocycles. The van der Waals surface area contributed by atoms with Gasteiger partial charge in [-0.2, -0.15) is 0 Å². The molecular weight excluding hydrogens is 400 g/mol. The molecule has 0 unspecified atom stereocenters. The first-order valence-electron chi connectivity index (χ1n) is 10.8. The van der Waals surface area contributed by atoms with Crippen LogP contribution in [0.2, 0.25) is 0 Å². The molecule has 2 saturated heterocycles. The highest BCUT2D eigenvalue weighted by atomic mass is 32.1. The lowest BCUT2D eigenvalue weighted by Gasteiger charge is -2.39. The Bertz CT molecular complexity index is 860. The van der Waals surface area contributed by atoms with Gasteiger partial charge in [-0.1, -0.05) is 26.0 Å². The number of rotatable bonds is 5. The second-order valence-electron chi connectivity index (χ2n) is 8.52. The number of amides is 2. The van der Waals surface area contributed by atoms with Crippen LogP contribution in [0, 0.1) is 11.8 Å². The van der Waals surface area contributed by atoms with Gasteiger partial charge in [0.2, 0.25) is 5.91 Å². The number of carbonyl (C=O) groups excluding carboxylic acids is 2. The van der Waals surface area contributed by atoms with Crippen molar-refractivity contribution in [2.24, 2.45) is 11.8 Å². The first kappa shape index (κ1) is 21.2. The summed E-state index contributed by atoms with van der Waals surface area (Å²) in [5, 5.41) is 3.93. The third kappa shape index (κ3) is 4.66. The van der Waals surface area contributed by atoms with E-state index in [1.165, 1.54) is 11.3 Å². The number of hydrogen-bond donors (Lipinski definition) is 1. The summed E-state index contributed by atoms with van der Waals surface area (Å²) in [4.78, 5) is 34.9. The molecule has 0 spiro atoms. The summed E-state index contributed by atoms with van der Waals surface area (Å²) in [5.41, 5.74) is 0.859. The summed E-state index contributed by atoms with van der Waals surface area (Å²) in [5.74, 6) is 0.363. The molecule has 1 N–H and O–H groups in total. The average Bonchev–Trinajstić information content (AvgIpc) is 3.21. The monoisotopic (exact) mass is 430 g/mol. The summed E-state index contributed by atoms with van der Waals surface area (Å²) in [6.07, 6.45) is 0.687. The van der Waals surface area contributed by atoms with Gasteiger partial charge < -0.3 is 19.9 Å². The number of benzene rings is 1. The van der Waals surface area contributed by atoms with E-state index in [2.05, 4.69) is 24.1 Å². The van der Waals surface area contributed by atoms with Crippen LogP contribution in [0.25, 0.3) is 10.2 Å². The molecule has 0 aliphatic carbocycles. The summed E-state index contributed by atoms with van der Waals surface area (Å²) in [6.45, 7) is 8.76. The van der Waals surface area contributed by atoms with Gasteiger partial charge in [-0.3, -0.25) is 9.59 Å². The highest BCUT2D eigenvalue weighted by molar-refractivity contribution is 7.20. The van der Waals surface area contributed by atoms with Gasteiger partial charge in [0.15, 0.2) is 5.01 Å². The maximum Gasteiger partial charge on any atom is 0.283 e. The normalized spacial score (nSPS) is 22.4. The SMILES string of the molecule is CC(C)CN(C(=O)c1nc2ccccc2s1)[C@@H]1CNC[C@H](C(=O)N2CCOCC2)C1. The fraction of sp³-hybridized carbons (Fsp3) is 0.591. The van der Waals surface area contributed by atoms with Crippen LogP contribution >= 0.6 is 11.3 Å². The minimum absolute atomic E-state index is 0.0179. The number of ether oxygens (including phenoxy) is 1. The quantitative estimate of drug-likeness (QED) is 0.787. The van der Waals surface area contributed by atoms with Gasteiger partial charge in [0.1, 0.15) is 0 Å². The second-order valence-corrected chi connectivity index (χ2v) is 9.55. The Balaban J connectivity index is 1.52. The minimum atomic E-state index is -0.111. The van der Waals surface area contributed by atoms with Gasteiger partial charge in [0.25, 0.3) is 5.91 Å². The molecule has 4 rings (SSSR count). The van der Waals surface area contributed by atoms with Gasteiger partial charge in [-0.15, -0.1) is 11.3 Å². The van der Waals surface area contributed by atoms with E-state index in [0.717, 1.165) is 10.2 Å². The topological polar surface area (TPSA) is 74.8 Å². The second kappa shape index (κ2) is 9.41. The molecule has 1 aromatic heterocycles. The van der Waals surface area contributed by atoms with Crippen molar-refractivity contribution >= 4 is 33.4 Å². The standard InChI is InChI=1S/C22H30N4O3S/c1-15(2)14-26(22(28)20-24-18-5-3-4-6-19(18)30-20)17-11-16(12-23-13-17)21(27)25-7-9-29-10-8-25/h3-6,15-17,23H,7-14H2,1-2H3/t16-,17+/m1/s1. The lowest BCUT2D eigenvalue weighted by Crippen LogP contribution is -2.55. The first-order valence-corrected chi connectivity index (χ1v) is 11.6. The van der Waals surface area contributed by atoms with Crippen LogP contribution in [-0.2, 0) is 9.53 Å². The third-order valence-corrected chi connectivity index (χ3v) is 6.76. The third-order valence-electron chi connectivity index (χ3n) is 5.74. The first-order chi connectivity index (χ1) is 14.5. The predicted molar refractivity (Wildman–Crippen MR) is 118 cm³/mol. The van der Waals surface area contributed by atoms with Crippen molar-refractivity contribution in [1.29, 1.82) is 0 Å². The van der Waals surface area contributed by atoms with Crippen molar-refractivity contribution in [1.82, 2.24) is 20.1 Å². The molecule has 1 aromatic carbocycles. The Labute approximate surface area is 181 Å². The van der Waals surface area contributed by atoms with E-state index >= 15 is 0 Å². The molecule has 30 heavy (non-hydrogen) atoms. The summed E-state index contributed by atoms with van der Waals surface area (Å²) in [7, 11) is 0. The molecule has 162 valence electrons. The zero-order valence-corrected chi connectivity index (χ0v) is 18.5. The number of fused-ring (bicyclic) bond motifs is 1. The maximum atomic E-state index is 13.5. The molecule has 8 heteroatoms. The largest absolute Gasteiger partial charge is 0.378 e. The maximum absolute atomic E-state index is 13.5. The van der Waals surface area contributed by atoms with E-state index in [1.54, 1.807) is 0 Å². The van der Waals surface area contributed by atoms with E-state index in [1.807, 2.05) is 34.1 Å². The van der Waals surface area contributed by atoms with Crippen molar-refractivity contribution in [3.63, 3.8) is 0 Å². The van der Waals surface area contributed by atoms with E-state index in [4.69, 9.17) is 4.74 Å². The number of nitrogens with zero attached hydrogens (tertiary/aromatic N) is 3. The van der Waals surface area contributed by atoms with Crippen LogP contribution in [-0.4, -0.2) is 78.6 Å². The van der Waals surface area contributed by atoms with Crippen LogP contribution in [0.3, 0.4) is 0 Å². The van der Waals surface area contributed by atoms with Crippen LogP contribution in [0.4, 0.5) is 0 Å². The summed E-state index contributed by atoms with van der Waals surface area (Å²) < 4.78 is 6.40. The fourth-order valence-electron chi connectivity index (χ4n) is 4.26. The average molecular weight is 431 g/mol. The van der Waals surface area contributed by atoms with Gasteiger partial charge in [0, 0.05) is 38.8 Å². The molecule has 0 radical (unpaired) electrons. The Hall–Kier alpha value is -2.03. The van der Waals surface area contributed by atoms with Crippen molar-refractivity contribution in [3.05, 3.63) is 29.3 Å². The zero-order chi connectivity index (χ0) is 21.1.